The fourth-order valence-corrected chi connectivity index (χ4v) is 1.38. The highest BCUT2D eigenvalue weighted by molar-refractivity contribution is 5.78. The molecule has 1 heteroatoms. The summed E-state index contributed by atoms with van der Waals surface area (Å²) < 4.78 is 0. The van der Waals surface area contributed by atoms with Gasteiger partial charge in [-0.05, 0) is 25.7 Å². The summed E-state index contributed by atoms with van der Waals surface area (Å²) in [5.41, 5.74) is 1.42. The molecule has 0 aliphatic heterocycles. The molecule has 0 aromatic rings. The average molecular weight is 182 g/mol. The zero-order chi connectivity index (χ0) is 10.3. The van der Waals surface area contributed by atoms with Crippen LogP contribution in [-0.4, -0.2) is 5.78 Å². The Morgan fingerprint density at radius 1 is 1.38 bits per heavy atom. The molecular formula is C12H22O. The molecule has 76 valence electrons. The highest BCUT2D eigenvalue weighted by Gasteiger charge is 1.97. The first-order valence-corrected chi connectivity index (χ1v) is 5.23. The number of Topliss-reactive ketones (excluding diaryl/α,β-unsaturated/α-hetero) is 1. The zero-order valence-corrected chi connectivity index (χ0v) is 9.39. The zero-order valence-electron chi connectivity index (χ0n) is 9.39. The summed E-state index contributed by atoms with van der Waals surface area (Å²) in [7, 11) is 0. The van der Waals surface area contributed by atoms with Crippen molar-refractivity contribution in [2.24, 2.45) is 5.92 Å². The summed E-state index contributed by atoms with van der Waals surface area (Å²) in [5.74, 6) is 1.09. The molecule has 0 radical (unpaired) electrons. The summed E-state index contributed by atoms with van der Waals surface area (Å²) in [6.45, 7) is 8.51. The molecule has 0 bridgehead atoms. The van der Waals surface area contributed by atoms with E-state index in [2.05, 4.69) is 26.8 Å². The first-order chi connectivity index (χ1) is 6.06. The van der Waals surface area contributed by atoms with Crippen molar-refractivity contribution in [3.63, 3.8) is 0 Å². The fourth-order valence-electron chi connectivity index (χ4n) is 1.38. The highest BCUT2D eigenvalue weighted by Crippen LogP contribution is 2.11. The van der Waals surface area contributed by atoms with E-state index in [9.17, 15) is 4.79 Å². The molecule has 0 spiro atoms. The molecule has 0 aromatic heterocycles. The van der Waals surface area contributed by atoms with Crippen molar-refractivity contribution in [2.75, 3.05) is 0 Å². The second-order valence-corrected chi connectivity index (χ2v) is 4.08. The minimum Gasteiger partial charge on any atom is -0.300 e. The van der Waals surface area contributed by atoms with Crippen molar-refractivity contribution >= 4 is 5.78 Å². The smallest absolute Gasteiger partial charge is 0.132 e. The Bertz CT molecular complexity index is 178. The number of ketones is 1. The van der Waals surface area contributed by atoms with Gasteiger partial charge in [-0.3, -0.25) is 4.79 Å². The maximum absolute atomic E-state index is 11.0. The Balaban J connectivity index is 3.65. The van der Waals surface area contributed by atoms with Gasteiger partial charge in [-0.25, -0.2) is 0 Å². The van der Waals surface area contributed by atoms with E-state index < -0.39 is 0 Å². The van der Waals surface area contributed by atoms with Gasteiger partial charge < -0.3 is 0 Å². The number of rotatable bonds is 6. The largest absolute Gasteiger partial charge is 0.300 e. The predicted octanol–water partition coefficient (Wildman–Crippen LogP) is 3.74. The van der Waals surface area contributed by atoms with E-state index in [4.69, 9.17) is 0 Å². The number of allylic oxidation sites excluding steroid dienone is 2. The summed E-state index contributed by atoms with van der Waals surface area (Å²) in [4.78, 5) is 11.0. The molecule has 0 fully saturated rings. The Hall–Kier alpha value is -0.590. The van der Waals surface area contributed by atoms with E-state index in [1.165, 1.54) is 5.57 Å². The molecule has 0 saturated carbocycles. The van der Waals surface area contributed by atoms with Crippen LogP contribution in [0.4, 0.5) is 0 Å². The van der Waals surface area contributed by atoms with E-state index >= 15 is 0 Å². The van der Waals surface area contributed by atoms with E-state index in [0.29, 0.717) is 18.6 Å². The van der Waals surface area contributed by atoms with Crippen LogP contribution >= 0.6 is 0 Å². The first kappa shape index (κ1) is 12.4. The van der Waals surface area contributed by atoms with Gasteiger partial charge in [-0.2, -0.15) is 0 Å². The third-order valence-corrected chi connectivity index (χ3v) is 2.04. The maximum Gasteiger partial charge on any atom is 0.132 e. The Kier molecular flexibility index (Phi) is 6.56. The average Bonchev–Trinajstić information content (AvgIpc) is 2.02. The Labute approximate surface area is 82.2 Å². The quantitative estimate of drug-likeness (QED) is 0.572. The molecule has 0 atom stereocenters. The van der Waals surface area contributed by atoms with Crippen LogP contribution in [0.25, 0.3) is 0 Å². The summed E-state index contributed by atoms with van der Waals surface area (Å²) in [6, 6.07) is 0. The molecule has 0 N–H and O–H groups in total. The molecule has 1 nitrogen and oxygen atoms in total. The van der Waals surface area contributed by atoms with Gasteiger partial charge in [-0.15, -0.1) is 0 Å². The van der Waals surface area contributed by atoms with Crippen molar-refractivity contribution in [3.8, 4) is 0 Å². The van der Waals surface area contributed by atoms with Crippen molar-refractivity contribution in [2.45, 2.75) is 53.4 Å². The van der Waals surface area contributed by atoms with Crippen LogP contribution in [0.5, 0.6) is 0 Å². The van der Waals surface area contributed by atoms with Crippen LogP contribution in [0.15, 0.2) is 11.6 Å². The highest BCUT2D eigenvalue weighted by atomic mass is 16.1. The minimum atomic E-state index is 0.369. The van der Waals surface area contributed by atoms with Crippen LogP contribution in [0, 0.1) is 5.92 Å². The van der Waals surface area contributed by atoms with Crippen LogP contribution in [0.1, 0.15) is 53.4 Å². The van der Waals surface area contributed by atoms with E-state index in [1.807, 2.05) is 6.92 Å². The van der Waals surface area contributed by atoms with Gasteiger partial charge in [0.05, 0.1) is 0 Å². The SMILES string of the molecule is CCC(=O)CCC=C(C)CC(C)C. The van der Waals surface area contributed by atoms with E-state index in [-0.39, 0.29) is 0 Å². The number of hydrogen-bond donors (Lipinski definition) is 0. The van der Waals surface area contributed by atoms with Crippen LogP contribution in [-0.2, 0) is 4.79 Å². The van der Waals surface area contributed by atoms with Crippen LogP contribution in [0.3, 0.4) is 0 Å². The van der Waals surface area contributed by atoms with Crippen LogP contribution < -0.4 is 0 Å². The second kappa shape index (κ2) is 6.88. The first-order valence-electron chi connectivity index (χ1n) is 5.23. The molecule has 0 rings (SSSR count). The fraction of sp³-hybridized carbons (Fsp3) is 0.750. The predicted molar refractivity (Wildman–Crippen MR) is 57.7 cm³/mol. The molecule has 0 aliphatic rings. The Morgan fingerprint density at radius 3 is 2.46 bits per heavy atom. The van der Waals surface area contributed by atoms with Gasteiger partial charge in [0, 0.05) is 12.8 Å². The molecule has 13 heavy (non-hydrogen) atoms. The van der Waals surface area contributed by atoms with Gasteiger partial charge in [0.2, 0.25) is 0 Å². The lowest BCUT2D eigenvalue weighted by Gasteiger charge is -2.04. The van der Waals surface area contributed by atoms with E-state index in [1.54, 1.807) is 0 Å². The minimum absolute atomic E-state index is 0.369. The molecule has 0 heterocycles. The normalized spacial score (nSPS) is 12.2. The van der Waals surface area contributed by atoms with Crippen molar-refractivity contribution < 1.29 is 4.79 Å². The summed E-state index contributed by atoms with van der Waals surface area (Å²) in [5, 5.41) is 0. The van der Waals surface area contributed by atoms with Gasteiger partial charge in [0.25, 0.3) is 0 Å². The van der Waals surface area contributed by atoms with Crippen LogP contribution in [0.2, 0.25) is 0 Å². The van der Waals surface area contributed by atoms with Gasteiger partial charge >= 0.3 is 0 Å². The molecule has 0 amide bonds. The second-order valence-electron chi connectivity index (χ2n) is 4.08. The maximum atomic E-state index is 11.0. The third-order valence-electron chi connectivity index (χ3n) is 2.04. The van der Waals surface area contributed by atoms with Gasteiger partial charge in [0.15, 0.2) is 0 Å². The monoisotopic (exact) mass is 182 g/mol. The molecule has 0 saturated heterocycles. The lowest BCUT2D eigenvalue weighted by atomic mass is 10.0. The molecular weight excluding hydrogens is 160 g/mol. The van der Waals surface area contributed by atoms with Crippen molar-refractivity contribution in [3.05, 3.63) is 11.6 Å². The molecule has 0 unspecified atom stereocenters. The molecule has 0 aliphatic carbocycles. The topological polar surface area (TPSA) is 17.1 Å². The third kappa shape index (κ3) is 7.76. The molecule has 0 aromatic carbocycles. The van der Waals surface area contributed by atoms with Gasteiger partial charge in [0.1, 0.15) is 5.78 Å². The lowest BCUT2D eigenvalue weighted by molar-refractivity contribution is -0.118. The number of hydrogen-bond acceptors (Lipinski definition) is 1. The number of carbonyl (C=O) groups excluding carboxylic acids is 1. The lowest BCUT2D eigenvalue weighted by Crippen LogP contribution is -1.94. The standard InChI is InChI=1S/C12H22O/c1-5-12(13)8-6-7-11(4)9-10(2)3/h7,10H,5-6,8-9H2,1-4H3. The van der Waals surface area contributed by atoms with Gasteiger partial charge in [-0.1, -0.05) is 32.4 Å². The Morgan fingerprint density at radius 2 is 2.00 bits per heavy atom. The number of carbonyl (C=O) groups is 1. The van der Waals surface area contributed by atoms with Crippen molar-refractivity contribution in [1.29, 1.82) is 0 Å². The summed E-state index contributed by atoms with van der Waals surface area (Å²) in [6.07, 6.45) is 5.67. The van der Waals surface area contributed by atoms with E-state index in [0.717, 1.165) is 18.8 Å². The summed E-state index contributed by atoms with van der Waals surface area (Å²) >= 11 is 0. The van der Waals surface area contributed by atoms with Crippen molar-refractivity contribution in [1.82, 2.24) is 0 Å².